The van der Waals surface area contributed by atoms with E-state index < -0.39 is 5.97 Å². The Labute approximate surface area is 198 Å². The summed E-state index contributed by atoms with van der Waals surface area (Å²) in [6.07, 6.45) is 6.01. The monoisotopic (exact) mass is 461 g/mol. The number of nitrogens with one attached hydrogen (secondary N) is 1. The molecule has 0 saturated carbocycles. The number of anilines is 1. The van der Waals surface area contributed by atoms with E-state index in [1.54, 1.807) is 6.08 Å². The number of hydrogen-bond acceptors (Lipinski definition) is 5. The molecule has 0 spiro atoms. The first-order valence-corrected chi connectivity index (χ1v) is 11.8. The van der Waals surface area contributed by atoms with Gasteiger partial charge >= 0.3 is 5.97 Å². The number of benzene rings is 2. The van der Waals surface area contributed by atoms with Gasteiger partial charge in [-0.05, 0) is 60.1 Å². The number of thiophene rings is 1. The van der Waals surface area contributed by atoms with Crippen molar-refractivity contribution >= 4 is 34.3 Å². The van der Waals surface area contributed by atoms with Crippen LogP contribution in [-0.2, 0) is 29.0 Å². The van der Waals surface area contributed by atoms with E-state index in [2.05, 4.69) is 12.2 Å². The first-order chi connectivity index (χ1) is 16.0. The summed E-state index contributed by atoms with van der Waals surface area (Å²) in [6.45, 7) is 2.71. The Kier molecular flexibility index (Phi) is 7.25. The van der Waals surface area contributed by atoms with Crippen molar-refractivity contribution in [3.05, 3.63) is 87.8 Å². The second-order valence-corrected chi connectivity index (χ2v) is 9.32. The van der Waals surface area contributed by atoms with Crippen LogP contribution in [0.2, 0.25) is 0 Å². The van der Waals surface area contributed by atoms with Gasteiger partial charge in [-0.25, -0.2) is 4.79 Å². The standard InChI is InChI=1S/C27H27NO4S/c1-18-8-14-22-23(16-18)33-26(25(22)27(30)31-2)28-24(29)15-11-19-9-12-21(13-10-19)32-17-20-6-4-3-5-7-20/h3-7,9-13,15,18H,8,14,16-17H2,1-2H3,(H,28,29). The highest BCUT2D eigenvalue weighted by atomic mass is 32.1. The summed E-state index contributed by atoms with van der Waals surface area (Å²) in [7, 11) is 1.37. The van der Waals surface area contributed by atoms with Crippen molar-refractivity contribution in [1.82, 2.24) is 0 Å². The summed E-state index contributed by atoms with van der Waals surface area (Å²) < 4.78 is 10.8. The lowest BCUT2D eigenvalue weighted by atomic mass is 9.88. The smallest absolute Gasteiger partial charge is 0.341 e. The van der Waals surface area contributed by atoms with Gasteiger partial charge in [-0.15, -0.1) is 11.3 Å². The molecule has 0 fully saturated rings. The third-order valence-corrected chi connectivity index (χ3v) is 6.86. The maximum atomic E-state index is 12.6. The molecule has 5 nitrogen and oxygen atoms in total. The van der Waals surface area contributed by atoms with Crippen LogP contribution in [-0.4, -0.2) is 19.0 Å². The molecular formula is C27H27NO4S. The summed E-state index contributed by atoms with van der Waals surface area (Å²) in [5.41, 5.74) is 3.51. The fourth-order valence-electron chi connectivity index (χ4n) is 3.90. The van der Waals surface area contributed by atoms with E-state index in [-0.39, 0.29) is 5.91 Å². The number of fused-ring (bicyclic) bond motifs is 1. The first kappa shape index (κ1) is 22.8. The number of ether oxygens (including phenoxy) is 2. The van der Waals surface area contributed by atoms with Crippen LogP contribution in [0, 0.1) is 5.92 Å². The largest absolute Gasteiger partial charge is 0.489 e. The number of esters is 1. The summed E-state index contributed by atoms with van der Waals surface area (Å²) in [5.74, 6) is 0.662. The molecule has 170 valence electrons. The van der Waals surface area contributed by atoms with Crippen molar-refractivity contribution in [3.63, 3.8) is 0 Å². The minimum Gasteiger partial charge on any atom is -0.489 e. The molecule has 33 heavy (non-hydrogen) atoms. The maximum Gasteiger partial charge on any atom is 0.341 e. The third kappa shape index (κ3) is 5.71. The van der Waals surface area contributed by atoms with Gasteiger partial charge in [-0.3, -0.25) is 4.79 Å². The van der Waals surface area contributed by atoms with Crippen LogP contribution >= 0.6 is 11.3 Å². The minimum atomic E-state index is -0.396. The van der Waals surface area contributed by atoms with Gasteiger partial charge in [0.1, 0.15) is 17.4 Å². The van der Waals surface area contributed by atoms with Gasteiger partial charge in [0, 0.05) is 11.0 Å². The number of carbonyl (C=O) groups excluding carboxylic acids is 2. The number of carbonyl (C=O) groups is 2. The number of methoxy groups -OCH3 is 1. The predicted octanol–water partition coefficient (Wildman–Crippen LogP) is 5.89. The molecule has 1 amide bonds. The van der Waals surface area contributed by atoms with Crippen LogP contribution in [0.3, 0.4) is 0 Å². The lowest BCUT2D eigenvalue weighted by molar-refractivity contribution is -0.111. The van der Waals surface area contributed by atoms with Crippen LogP contribution in [0.4, 0.5) is 5.00 Å². The number of rotatable bonds is 7. The average molecular weight is 462 g/mol. The lowest BCUT2D eigenvalue weighted by Crippen LogP contribution is -2.14. The molecule has 4 rings (SSSR count). The van der Waals surface area contributed by atoms with Gasteiger partial charge in [0.15, 0.2) is 0 Å². The first-order valence-electron chi connectivity index (χ1n) is 11.0. The van der Waals surface area contributed by atoms with E-state index in [0.717, 1.165) is 41.7 Å². The summed E-state index contributed by atoms with van der Waals surface area (Å²) in [4.78, 5) is 26.1. The molecule has 6 heteroatoms. The Hall–Kier alpha value is -3.38. The molecular weight excluding hydrogens is 434 g/mol. The highest BCUT2D eigenvalue weighted by Crippen LogP contribution is 2.40. The van der Waals surface area contributed by atoms with E-state index >= 15 is 0 Å². The molecule has 1 atom stereocenters. The van der Waals surface area contributed by atoms with Crippen LogP contribution in [0.1, 0.15) is 45.3 Å². The molecule has 1 N–H and O–H groups in total. The Bertz CT molecular complexity index is 1150. The zero-order valence-corrected chi connectivity index (χ0v) is 19.6. The molecule has 0 saturated heterocycles. The molecule has 0 radical (unpaired) electrons. The summed E-state index contributed by atoms with van der Waals surface area (Å²) in [6, 6.07) is 17.5. The molecule has 1 heterocycles. The van der Waals surface area contributed by atoms with Crippen LogP contribution < -0.4 is 10.1 Å². The van der Waals surface area contributed by atoms with Crippen LogP contribution in [0.25, 0.3) is 6.08 Å². The third-order valence-electron chi connectivity index (χ3n) is 5.69. The van der Waals surface area contributed by atoms with E-state index in [1.807, 2.05) is 54.6 Å². The highest BCUT2D eigenvalue weighted by molar-refractivity contribution is 7.17. The lowest BCUT2D eigenvalue weighted by Gasteiger charge is -2.18. The topological polar surface area (TPSA) is 64.6 Å². The van der Waals surface area contributed by atoms with Gasteiger partial charge in [-0.1, -0.05) is 49.4 Å². The van der Waals surface area contributed by atoms with Crippen molar-refractivity contribution < 1.29 is 19.1 Å². The normalized spacial score (nSPS) is 15.2. The average Bonchev–Trinajstić information content (AvgIpc) is 3.18. The second kappa shape index (κ2) is 10.5. The van der Waals surface area contributed by atoms with Gasteiger partial charge in [-0.2, -0.15) is 0 Å². The summed E-state index contributed by atoms with van der Waals surface area (Å²) >= 11 is 1.48. The molecule has 0 bridgehead atoms. The van der Waals surface area contributed by atoms with Gasteiger partial charge in [0.2, 0.25) is 5.91 Å². The maximum absolute atomic E-state index is 12.6. The van der Waals surface area contributed by atoms with E-state index in [9.17, 15) is 9.59 Å². The van der Waals surface area contributed by atoms with Crippen LogP contribution in [0.5, 0.6) is 5.75 Å². The quantitative estimate of drug-likeness (QED) is 0.352. The second-order valence-electron chi connectivity index (χ2n) is 8.21. The Balaban J connectivity index is 1.39. The van der Waals surface area contributed by atoms with Gasteiger partial charge in [0.05, 0.1) is 12.7 Å². The fraction of sp³-hybridized carbons (Fsp3) is 0.259. The van der Waals surface area contributed by atoms with Crippen molar-refractivity contribution in [2.75, 3.05) is 12.4 Å². The minimum absolute atomic E-state index is 0.281. The molecule has 1 aromatic heterocycles. The molecule has 0 aliphatic heterocycles. The SMILES string of the molecule is COC(=O)c1c(NC(=O)C=Cc2ccc(OCc3ccccc3)cc2)sc2c1CCC(C)C2. The van der Waals surface area contributed by atoms with E-state index in [1.165, 1.54) is 29.4 Å². The highest BCUT2D eigenvalue weighted by Gasteiger charge is 2.28. The molecule has 3 aromatic rings. The van der Waals surface area contributed by atoms with E-state index in [4.69, 9.17) is 9.47 Å². The molecule has 1 unspecified atom stereocenters. The fourth-order valence-corrected chi connectivity index (χ4v) is 5.30. The zero-order chi connectivity index (χ0) is 23.2. The van der Waals surface area contributed by atoms with Crippen molar-refractivity contribution in [2.45, 2.75) is 32.8 Å². The molecule has 1 aliphatic carbocycles. The Morgan fingerprint density at radius 2 is 1.88 bits per heavy atom. The van der Waals surface area contributed by atoms with Crippen LogP contribution in [0.15, 0.2) is 60.7 Å². The zero-order valence-electron chi connectivity index (χ0n) is 18.8. The van der Waals surface area contributed by atoms with Crippen molar-refractivity contribution in [3.8, 4) is 5.75 Å². The van der Waals surface area contributed by atoms with Gasteiger partial charge < -0.3 is 14.8 Å². The Morgan fingerprint density at radius 1 is 1.12 bits per heavy atom. The number of amides is 1. The predicted molar refractivity (Wildman–Crippen MR) is 132 cm³/mol. The van der Waals surface area contributed by atoms with Gasteiger partial charge in [0.25, 0.3) is 0 Å². The molecule has 1 aliphatic rings. The number of hydrogen-bond donors (Lipinski definition) is 1. The van der Waals surface area contributed by atoms with Crippen molar-refractivity contribution in [1.29, 1.82) is 0 Å². The molecule has 2 aromatic carbocycles. The van der Waals surface area contributed by atoms with E-state index in [0.29, 0.717) is 23.1 Å². The Morgan fingerprint density at radius 3 is 2.61 bits per heavy atom. The summed E-state index contributed by atoms with van der Waals surface area (Å²) in [5, 5.41) is 3.45. The van der Waals surface area contributed by atoms with Crippen molar-refractivity contribution in [2.24, 2.45) is 5.92 Å².